The van der Waals surface area contributed by atoms with E-state index in [1.807, 2.05) is 29.3 Å². The molecule has 0 aliphatic carbocycles. The zero-order valence-corrected chi connectivity index (χ0v) is 13.3. The van der Waals surface area contributed by atoms with Gasteiger partial charge in [-0.15, -0.1) is 0 Å². The lowest BCUT2D eigenvalue weighted by atomic mass is 10.1. The van der Waals surface area contributed by atoms with Crippen LogP contribution in [-0.4, -0.2) is 45.4 Å². The second-order valence-electron chi connectivity index (χ2n) is 5.52. The van der Waals surface area contributed by atoms with Crippen molar-refractivity contribution in [3.63, 3.8) is 0 Å². The van der Waals surface area contributed by atoms with Crippen molar-refractivity contribution in [1.29, 1.82) is 0 Å². The first kappa shape index (κ1) is 15.2. The normalized spacial score (nSPS) is 18.6. The Labute approximate surface area is 135 Å². The van der Waals surface area contributed by atoms with Gasteiger partial charge in [0.05, 0.1) is 11.2 Å². The second-order valence-corrected chi connectivity index (χ2v) is 5.95. The third-order valence-electron chi connectivity index (χ3n) is 3.94. The molecule has 7 heteroatoms. The Bertz CT molecular complexity index is 572. The molecule has 1 fully saturated rings. The van der Waals surface area contributed by atoms with Gasteiger partial charge in [-0.25, -0.2) is 9.97 Å². The summed E-state index contributed by atoms with van der Waals surface area (Å²) in [5.74, 6) is 0.841. The Kier molecular flexibility index (Phi) is 5.24. The molecule has 0 saturated carbocycles. The number of anilines is 1. The maximum atomic E-state index is 5.87. The number of rotatable bonds is 6. The van der Waals surface area contributed by atoms with Gasteiger partial charge in [-0.3, -0.25) is 4.68 Å². The summed E-state index contributed by atoms with van der Waals surface area (Å²) in [6, 6.07) is 2.31. The van der Waals surface area contributed by atoms with Crippen molar-refractivity contribution in [3.05, 3.63) is 35.9 Å². The molecule has 0 aromatic carbocycles. The minimum absolute atomic E-state index is 0.456. The molecule has 1 N–H and O–H groups in total. The molecule has 118 valence electrons. The van der Waals surface area contributed by atoms with Crippen LogP contribution in [0.2, 0.25) is 5.02 Å². The van der Waals surface area contributed by atoms with Crippen molar-refractivity contribution in [2.75, 3.05) is 24.5 Å². The van der Waals surface area contributed by atoms with Gasteiger partial charge >= 0.3 is 0 Å². The summed E-state index contributed by atoms with van der Waals surface area (Å²) in [4.78, 5) is 11.1. The Hall–Kier alpha value is -1.66. The van der Waals surface area contributed by atoms with Gasteiger partial charge in [-0.2, -0.15) is 5.10 Å². The van der Waals surface area contributed by atoms with Crippen molar-refractivity contribution in [1.82, 2.24) is 25.1 Å². The second kappa shape index (κ2) is 7.56. The van der Waals surface area contributed by atoms with Crippen LogP contribution in [0.5, 0.6) is 0 Å². The molecule has 3 heterocycles. The number of aryl methyl sites for hydroxylation is 1. The van der Waals surface area contributed by atoms with Crippen molar-refractivity contribution >= 4 is 17.5 Å². The van der Waals surface area contributed by atoms with Gasteiger partial charge in [0.2, 0.25) is 5.95 Å². The minimum atomic E-state index is 0.456. The van der Waals surface area contributed by atoms with Gasteiger partial charge in [0.15, 0.2) is 0 Å². The van der Waals surface area contributed by atoms with Crippen LogP contribution in [0.1, 0.15) is 19.3 Å². The largest absolute Gasteiger partial charge is 0.335 e. The smallest absolute Gasteiger partial charge is 0.225 e. The molecule has 0 bridgehead atoms. The number of nitrogens with one attached hydrogen (secondary N) is 1. The van der Waals surface area contributed by atoms with E-state index in [0.717, 1.165) is 51.4 Å². The molecule has 1 unspecified atom stereocenters. The number of hydrogen-bond acceptors (Lipinski definition) is 5. The third-order valence-corrected chi connectivity index (χ3v) is 4.13. The van der Waals surface area contributed by atoms with Crippen LogP contribution in [0.3, 0.4) is 0 Å². The fourth-order valence-electron chi connectivity index (χ4n) is 2.84. The lowest BCUT2D eigenvalue weighted by Crippen LogP contribution is -2.52. The molecule has 1 aliphatic rings. The molecule has 0 radical (unpaired) electrons. The first-order valence-corrected chi connectivity index (χ1v) is 8.13. The Balaban J connectivity index is 1.49. The van der Waals surface area contributed by atoms with E-state index in [1.54, 1.807) is 6.20 Å². The van der Waals surface area contributed by atoms with E-state index in [2.05, 4.69) is 25.3 Å². The molecule has 2 aromatic heterocycles. The van der Waals surface area contributed by atoms with Crippen LogP contribution >= 0.6 is 11.6 Å². The molecule has 3 rings (SSSR count). The monoisotopic (exact) mass is 320 g/mol. The molecule has 0 amide bonds. The quantitative estimate of drug-likeness (QED) is 0.825. The van der Waals surface area contributed by atoms with Crippen molar-refractivity contribution in [3.8, 4) is 0 Å². The van der Waals surface area contributed by atoms with Crippen LogP contribution in [0.15, 0.2) is 30.9 Å². The molecular weight excluding hydrogens is 300 g/mol. The fraction of sp³-hybridized carbons (Fsp3) is 0.533. The number of halogens is 1. The summed E-state index contributed by atoms with van der Waals surface area (Å²) in [7, 11) is 0. The molecule has 1 aliphatic heterocycles. The van der Waals surface area contributed by atoms with Crippen molar-refractivity contribution in [2.24, 2.45) is 0 Å². The SMILES string of the molecule is Clc1cnn(CCCCC2CNCCN2c2ncccn2)c1. The highest BCUT2D eigenvalue weighted by atomic mass is 35.5. The number of aromatic nitrogens is 4. The Morgan fingerprint density at radius 2 is 2.14 bits per heavy atom. The molecular formula is C15H21ClN6. The van der Waals surface area contributed by atoms with Crippen LogP contribution in [0.4, 0.5) is 5.95 Å². The number of unbranched alkanes of at least 4 members (excludes halogenated alkanes) is 1. The molecule has 6 nitrogen and oxygen atoms in total. The lowest BCUT2D eigenvalue weighted by Gasteiger charge is -2.36. The topological polar surface area (TPSA) is 58.9 Å². The highest BCUT2D eigenvalue weighted by Crippen LogP contribution is 2.17. The first-order chi connectivity index (χ1) is 10.8. The standard InChI is InChI=1S/C15H21ClN6/c16-13-10-20-21(12-13)8-2-1-4-14-11-17-7-9-22(14)15-18-5-3-6-19-15/h3,5-6,10,12,14,17H,1-2,4,7-9,11H2. The van der Waals surface area contributed by atoms with Gasteiger partial charge in [-0.1, -0.05) is 11.6 Å². The van der Waals surface area contributed by atoms with E-state index in [4.69, 9.17) is 11.6 Å². The van der Waals surface area contributed by atoms with Crippen LogP contribution in [0.25, 0.3) is 0 Å². The van der Waals surface area contributed by atoms with E-state index in [-0.39, 0.29) is 0 Å². The fourth-order valence-corrected chi connectivity index (χ4v) is 2.99. The Morgan fingerprint density at radius 3 is 2.91 bits per heavy atom. The molecule has 0 spiro atoms. The maximum absolute atomic E-state index is 5.87. The van der Waals surface area contributed by atoms with Gasteiger partial charge in [-0.05, 0) is 25.3 Å². The first-order valence-electron chi connectivity index (χ1n) is 7.75. The summed E-state index contributed by atoms with van der Waals surface area (Å²) >= 11 is 5.87. The van der Waals surface area contributed by atoms with E-state index in [9.17, 15) is 0 Å². The minimum Gasteiger partial charge on any atom is -0.335 e. The highest BCUT2D eigenvalue weighted by molar-refractivity contribution is 6.30. The highest BCUT2D eigenvalue weighted by Gasteiger charge is 2.23. The zero-order valence-electron chi connectivity index (χ0n) is 12.5. The molecule has 2 aromatic rings. The number of nitrogens with zero attached hydrogens (tertiary/aromatic N) is 5. The molecule has 1 atom stereocenters. The molecule has 1 saturated heterocycles. The van der Waals surface area contributed by atoms with Crippen molar-refractivity contribution < 1.29 is 0 Å². The summed E-state index contributed by atoms with van der Waals surface area (Å²) in [5.41, 5.74) is 0. The van der Waals surface area contributed by atoms with Gasteiger partial charge < -0.3 is 10.2 Å². The summed E-state index contributed by atoms with van der Waals surface area (Å²) < 4.78 is 1.90. The van der Waals surface area contributed by atoms with E-state index in [1.165, 1.54) is 0 Å². The average Bonchev–Trinajstić information content (AvgIpc) is 2.98. The number of piperazine rings is 1. The molecule has 22 heavy (non-hydrogen) atoms. The van der Waals surface area contributed by atoms with Crippen LogP contribution in [0, 0.1) is 0 Å². The Morgan fingerprint density at radius 1 is 1.27 bits per heavy atom. The van der Waals surface area contributed by atoms with E-state index < -0.39 is 0 Å². The maximum Gasteiger partial charge on any atom is 0.225 e. The van der Waals surface area contributed by atoms with E-state index in [0.29, 0.717) is 11.1 Å². The van der Waals surface area contributed by atoms with Crippen LogP contribution in [-0.2, 0) is 6.54 Å². The van der Waals surface area contributed by atoms with Gasteiger partial charge in [0, 0.05) is 50.8 Å². The lowest BCUT2D eigenvalue weighted by molar-refractivity contribution is 0.424. The average molecular weight is 321 g/mol. The van der Waals surface area contributed by atoms with Crippen LogP contribution < -0.4 is 10.2 Å². The zero-order chi connectivity index (χ0) is 15.2. The van der Waals surface area contributed by atoms with Crippen molar-refractivity contribution in [2.45, 2.75) is 31.8 Å². The predicted molar refractivity (Wildman–Crippen MR) is 87.1 cm³/mol. The number of hydrogen-bond donors (Lipinski definition) is 1. The van der Waals surface area contributed by atoms with E-state index >= 15 is 0 Å². The predicted octanol–water partition coefficient (Wildman–Crippen LogP) is 1.98. The van der Waals surface area contributed by atoms with Gasteiger partial charge in [0.1, 0.15) is 0 Å². The third kappa shape index (κ3) is 3.96. The summed E-state index contributed by atoms with van der Waals surface area (Å²) in [6.45, 7) is 3.85. The summed E-state index contributed by atoms with van der Waals surface area (Å²) in [5, 5.41) is 8.37. The summed E-state index contributed by atoms with van der Waals surface area (Å²) in [6.07, 6.45) is 10.5. The van der Waals surface area contributed by atoms with Gasteiger partial charge in [0.25, 0.3) is 0 Å².